The number of anilines is 1. The summed E-state index contributed by atoms with van der Waals surface area (Å²) >= 11 is 18.3. The molecule has 0 aliphatic carbocycles. The van der Waals surface area contributed by atoms with Gasteiger partial charge in [-0.25, -0.2) is 21.1 Å². The second kappa shape index (κ2) is 10.1. The average molecular weight is 514 g/mol. The van der Waals surface area contributed by atoms with Crippen LogP contribution in [0.4, 0.5) is 5.69 Å². The Morgan fingerprint density at radius 1 is 0.900 bits per heavy atom. The summed E-state index contributed by atoms with van der Waals surface area (Å²) in [6, 6.07) is 9.77. The van der Waals surface area contributed by atoms with E-state index in [4.69, 9.17) is 34.8 Å². The SMILES string of the molecule is CC(CCCS(=O)(=O)N(C)C)N(c1cc(Cl)ccc1Cl)S(=O)(=O)c1ccc(Cl)cc1. The van der Waals surface area contributed by atoms with E-state index in [1.807, 2.05) is 0 Å². The summed E-state index contributed by atoms with van der Waals surface area (Å²) in [7, 11) is -4.49. The normalized spacial score (nSPS) is 13.4. The third-order valence-electron chi connectivity index (χ3n) is 4.50. The van der Waals surface area contributed by atoms with Crippen LogP contribution in [-0.4, -0.2) is 47.0 Å². The highest BCUT2D eigenvalue weighted by Gasteiger charge is 2.31. The average Bonchev–Trinajstić information content (AvgIpc) is 2.64. The van der Waals surface area contributed by atoms with Gasteiger partial charge in [-0.15, -0.1) is 0 Å². The molecule has 0 aliphatic rings. The quantitative estimate of drug-likeness (QED) is 0.478. The van der Waals surface area contributed by atoms with Gasteiger partial charge in [-0.2, -0.15) is 0 Å². The zero-order chi connectivity index (χ0) is 22.7. The van der Waals surface area contributed by atoms with E-state index >= 15 is 0 Å². The molecule has 0 aliphatic heterocycles. The maximum absolute atomic E-state index is 13.5. The minimum absolute atomic E-state index is 0.0377. The van der Waals surface area contributed by atoms with Gasteiger partial charge in [-0.05, 0) is 62.2 Å². The van der Waals surface area contributed by atoms with Gasteiger partial charge in [0, 0.05) is 30.2 Å². The van der Waals surface area contributed by atoms with Crippen LogP contribution < -0.4 is 4.31 Å². The lowest BCUT2D eigenvalue weighted by Crippen LogP contribution is -2.39. The van der Waals surface area contributed by atoms with Gasteiger partial charge in [0.2, 0.25) is 10.0 Å². The fourth-order valence-corrected chi connectivity index (χ4v) is 5.98. The number of hydrogen-bond acceptors (Lipinski definition) is 4. The molecule has 0 amide bonds. The molecule has 0 N–H and O–H groups in total. The van der Waals surface area contributed by atoms with Crippen LogP contribution in [-0.2, 0) is 20.0 Å². The van der Waals surface area contributed by atoms with Crippen LogP contribution in [0.3, 0.4) is 0 Å². The Bertz CT molecular complexity index is 1090. The van der Waals surface area contributed by atoms with Crippen molar-refractivity contribution in [3.8, 4) is 0 Å². The topological polar surface area (TPSA) is 74.8 Å². The Morgan fingerprint density at radius 3 is 2.03 bits per heavy atom. The van der Waals surface area contributed by atoms with Crippen LogP contribution in [0.15, 0.2) is 47.4 Å². The predicted octanol–water partition coefficient (Wildman–Crippen LogP) is 4.90. The first-order chi connectivity index (χ1) is 13.9. The molecular formula is C19H23Cl3N2O4S2. The molecule has 1 atom stereocenters. The number of rotatable bonds is 9. The number of sulfonamides is 2. The van der Waals surface area contributed by atoms with E-state index in [-0.39, 0.29) is 27.8 Å². The summed E-state index contributed by atoms with van der Waals surface area (Å²) in [6.07, 6.45) is 0.565. The molecule has 0 radical (unpaired) electrons. The van der Waals surface area contributed by atoms with Crippen LogP contribution in [0.5, 0.6) is 0 Å². The van der Waals surface area contributed by atoms with E-state index < -0.39 is 26.1 Å². The summed E-state index contributed by atoms with van der Waals surface area (Å²) in [5.41, 5.74) is 0.224. The maximum atomic E-state index is 13.5. The molecule has 1 unspecified atom stereocenters. The summed E-state index contributed by atoms with van der Waals surface area (Å²) < 4.78 is 53.4. The van der Waals surface area contributed by atoms with E-state index in [9.17, 15) is 16.8 Å². The molecule has 2 rings (SSSR count). The minimum atomic E-state index is -4.02. The van der Waals surface area contributed by atoms with Crippen molar-refractivity contribution in [3.05, 3.63) is 57.5 Å². The van der Waals surface area contributed by atoms with Crippen LogP contribution in [0.1, 0.15) is 19.8 Å². The summed E-state index contributed by atoms with van der Waals surface area (Å²) in [5, 5.41) is 0.945. The molecule has 30 heavy (non-hydrogen) atoms. The monoisotopic (exact) mass is 512 g/mol. The Labute approximate surface area is 193 Å². The first kappa shape index (κ1) is 25.2. The molecule has 0 saturated carbocycles. The van der Waals surface area contributed by atoms with Crippen molar-refractivity contribution in [2.24, 2.45) is 0 Å². The van der Waals surface area contributed by atoms with Crippen molar-refractivity contribution in [3.63, 3.8) is 0 Å². The predicted molar refractivity (Wildman–Crippen MR) is 124 cm³/mol. The minimum Gasteiger partial charge on any atom is -0.262 e. The van der Waals surface area contributed by atoms with Gasteiger partial charge in [0.25, 0.3) is 10.0 Å². The molecule has 0 saturated heterocycles. The first-order valence-corrected chi connectivity index (χ1v) is 13.2. The molecule has 0 heterocycles. The first-order valence-electron chi connectivity index (χ1n) is 9.01. The Hall–Kier alpha value is -1.03. The number of nitrogens with zero attached hydrogens (tertiary/aromatic N) is 2. The van der Waals surface area contributed by atoms with Crippen molar-refractivity contribution >= 4 is 60.5 Å². The van der Waals surface area contributed by atoms with Crippen LogP contribution in [0, 0.1) is 0 Å². The summed E-state index contributed by atoms with van der Waals surface area (Å²) in [6.45, 7) is 1.70. The molecule has 166 valence electrons. The zero-order valence-electron chi connectivity index (χ0n) is 16.7. The molecule has 0 bridgehead atoms. The second-order valence-electron chi connectivity index (χ2n) is 6.94. The van der Waals surface area contributed by atoms with E-state index in [0.717, 1.165) is 4.31 Å². The molecular weight excluding hydrogens is 491 g/mol. The van der Waals surface area contributed by atoms with Gasteiger partial charge in [0.1, 0.15) is 0 Å². The maximum Gasteiger partial charge on any atom is 0.264 e. The van der Waals surface area contributed by atoms with Crippen molar-refractivity contribution in [2.45, 2.75) is 30.7 Å². The Balaban J connectivity index is 2.44. The van der Waals surface area contributed by atoms with Crippen LogP contribution in [0.25, 0.3) is 0 Å². The number of benzene rings is 2. The van der Waals surface area contributed by atoms with Gasteiger partial charge in [0.05, 0.1) is 21.4 Å². The highest BCUT2D eigenvalue weighted by atomic mass is 35.5. The fraction of sp³-hybridized carbons (Fsp3) is 0.368. The van der Waals surface area contributed by atoms with Gasteiger partial charge in [-0.1, -0.05) is 34.8 Å². The summed E-state index contributed by atoms with van der Waals surface area (Å²) in [5.74, 6) is -0.0948. The number of hydrogen-bond donors (Lipinski definition) is 0. The fourth-order valence-electron chi connectivity index (χ4n) is 2.84. The third-order valence-corrected chi connectivity index (χ3v) is 9.16. The van der Waals surface area contributed by atoms with E-state index in [2.05, 4.69) is 0 Å². The largest absolute Gasteiger partial charge is 0.264 e. The number of halogens is 3. The molecule has 11 heteroatoms. The van der Waals surface area contributed by atoms with Gasteiger partial charge in [-0.3, -0.25) is 4.31 Å². The molecule has 2 aromatic carbocycles. The standard InChI is InChI=1S/C19H23Cl3N2O4S2/c1-14(5-4-12-29(25,26)23(2)3)24(19-13-16(21)8-11-18(19)22)30(27,28)17-9-6-15(20)7-10-17/h6-11,13-14H,4-5,12H2,1-3H3. The van der Waals surface area contributed by atoms with Crippen molar-refractivity contribution < 1.29 is 16.8 Å². The highest BCUT2D eigenvalue weighted by molar-refractivity contribution is 7.93. The second-order valence-corrected chi connectivity index (χ2v) is 12.3. The Morgan fingerprint density at radius 2 is 1.47 bits per heavy atom. The Kier molecular flexibility index (Phi) is 8.46. The zero-order valence-corrected chi connectivity index (χ0v) is 20.6. The smallest absolute Gasteiger partial charge is 0.262 e. The molecule has 2 aromatic rings. The molecule has 0 spiro atoms. The van der Waals surface area contributed by atoms with Crippen LogP contribution >= 0.6 is 34.8 Å². The van der Waals surface area contributed by atoms with E-state index in [1.54, 1.807) is 13.0 Å². The van der Waals surface area contributed by atoms with Crippen molar-refractivity contribution in [2.75, 3.05) is 24.2 Å². The van der Waals surface area contributed by atoms with E-state index in [1.165, 1.54) is 54.8 Å². The summed E-state index contributed by atoms with van der Waals surface area (Å²) in [4.78, 5) is 0.0377. The van der Waals surface area contributed by atoms with Crippen molar-refractivity contribution in [1.29, 1.82) is 0 Å². The highest BCUT2D eigenvalue weighted by Crippen LogP contribution is 2.35. The lowest BCUT2D eigenvalue weighted by atomic mass is 10.2. The van der Waals surface area contributed by atoms with Crippen LogP contribution in [0.2, 0.25) is 15.1 Å². The van der Waals surface area contributed by atoms with E-state index in [0.29, 0.717) is 16.5 Å². The van der Waals surface area contributed by atoms with Gasteiger partial charge < -0.3 is 0 Å². The lowest BCUT2D eigenvalue weighted by molar-refractivity contribution is 0.514. The third kappa shape index (κ3) is 6.02. The van der Waals surface area contributed by atoms with Gasteiger partial charge >= 0.3 is 0 Å². The molecule has 6 nitrogen and oxygen atoms in total. The van der Waals surface area contributed by atoms with Gasteiger partial charge in [0.15, 0.2) is 0 Å². The molecule has 0 aromatic heterocycles. The lowest BCUT2D eigenvalue weighted by Gasteiger charge is -2.31. The molecule has 0 fully saturated rings. The van der Waals surface area contributed by atoms with Crippen molar-refractivity contribution in [1.82, 2.24) is 4.31 Å².